The molecule has 9 nitrogen and oxygen atoms in total. The number of rotatable bonds is 10. The first-order valence-corrected chi connectivity index (χ1v) is 17.3. The van der Waals surface area contributed by atoms with Crippen LogP contribution in [0.2, 0.25) is 0 Å². The Hall–Kier alpha value is -3.09. The third-order valence-electron chi connectivity index (χ3n) is 7.87. The van der Waals surface area contributed by atoms with Gasteiger partial charge in [-0.3, -0.25) is 14.3 Å². The summed E-state index contributed by atoms with van der Waals surface area (Å²) in [6.07, 6.45) is 3.14. The van der Waals surface area contributed by atoms with E-state index in [2.05, 4.69) is 66.5 Å². The van der Waals surface area contributed by atoms with Crippen LogP contribution in [0.25, 0.3) is 0 Å². The summed E-state index contributed by atoms with van der Waals surface area (Å²) in [5, 5.41) is 4.15. The minimum Gasteiger partial charge on any atom is -0.462 e. The molecule has 1 aliphatic rings. The average Bonchev–Trinajstić information content (AvgIpc) is 3.24. The fourth-order valence-electron chi connectivity index (χ4n) is 5.12. The van der Waals surface area contributed by atoms with Gasteiger partial charge in [-0.2, -0.15) is 4.39 Å². The summed E-state index contributed by atoms with van der Waals surface area (Å²) in [4.78, 5) is 38.1. The van der Waals surface area contributed by atoms with Crippen LogP contribution in [0.15, 0.2) is 58.2 Å². The number of aromatic nitrogens is 3. The van der Waals surface area contributed by atoms with Crippen molar-refractivity contribution in [1.82, 2.24) is 24.6 Å². The molecule has 1 aliphatic heterocycles. The molecule has 256 valence electrons. The lowest BCUT2D eigenvalue weighted by molar-refractivity contribution is -0.138. The lowest BCUT2D eigenvalue weighted by atomic mass is 9.91. The van der Waals surface area contributed by atoms with E-state index in [1.54, 1.807) is 12.1 Å². The molecule has 0 saturated carbocycles. The van der Waals surface area contributed by atoms with E-state index in [0.29, 0.717) is 28.9 Å². The largest absolute Gasteiger partial charge is 0.462 e. The van der Waals surface area contributed by atoms with Gasteiger partial charge in [0.1, 0.15) is 21.0 Å². The zero-order valence-electron chi connectivity index (χ0n) is 28.9. The van der Waals surface area contributed by atoms with Gasteiger partial charge < -0.3 is 15.0 Å². The van der Waals surface area contributed by atoms with Crippen LogP contribution in [0.5, 0.6) is 0 Å². The van der Waals surface area contributed by atoms with Crippen LogP contribution in [0.1, 0.15) is 102 Å². The minimum atomic E-state index is -0.782. The van der Waals surface area contributed by atoms with E-state index >= 15 is 0 Å². The topological polar surface area (TPSA) is 109 Å². The second-order valence-electron chi connectivity index (χ2n) is 14.4. The van der Waals surface area contributed by atoms with Crippen molar-refractivity contribution in [2.24, 2.45) is 5.92 Å². The lowest BCUT2D eigenvalue weighted by Gasteiger charge is -2.26. The normalized spacial score (nSPS) is 16.9. The van der Waals surface area contributed by atoms with Gasteiger partial charge >= 0.3 is 0 Å². The maximum absolute atomic E-state index is 14.6. The van der Waals surface area contributed by atoms with E-state index in [1.165, 1.54) is 12.5 Å². The molecule has 2 unspecified atom stereocenters. The molecule has 3 aromatic heterocycles. The highest BCUT2D eigenvalue weighted by atomic mass is 79.9. The molecule has 47 heavy (non-hydrogen) atoms. The van der Waals surface area contributed by atoms with Gasteiger partial charge in [0, 0.05) is 35.1 Å². The van der Waals surface area contributed by atoms with Crippen molar-refractivity contribution < 1.29 is 18.7 Å². The average molecular weight is 732 g/mol. The van der Waals surface area contributed by atoms with Crippen molar-refractivity contribution in [3.8, 4) is 0 Å². The Morgan fingerprint density at radius 2 is 1.81 bits per heavy atom. The van der Waals surface area contributed by atoms with Gasteiger partial charge in [-0.05, 0) is 119 Å². The number of amides is 1. The van der Waals surface area contributed by atoms with Crippen molar-refractivity contribution in [2.45, 2.75) is 102 Å². The number of nitrogens with one attached hydrogen (secondary N) is 2. The minimum absolute atomic E-state index is 0.0321. The Labute approximate surface area is 291 Å². The molecular weight excluding hydrogens is 683 g/mol. The quantitative estimate of drug-likeness (QED) is 0.121. The van der Waals surface area contributed by atoms with Crippen LogP contribution in [-0.2, 0) is 14.9 Å². The predicted octanol–water partition coefficient (Wildman–Crippen LogP) is 8.13. The summed E-state index contributed by atoms with van der Waals surface area (Å²) < 4.78 is 22.6. The first kappa shape index (κ1) is 38.4. The Morgan fingerprint density at radius 1 is 1.11 bits per heavy atom. The van der Waals surface area contributed by atoms with Gasteiger partial charge in [0.2, 0.25) is 5.95 Å². The molecule has 0 aliphatic carbocycles. The second kappa shape index (κ2) is 16.3. The molecule has 4 heterocycles. The van der Waals surface area contributed by atoms with Crippen LogP contribution in [0, 0.1) is 11.9 Å². The van der Waals surface area contributed by atoms with Crippen LogP contribution >= 0.6 is 27.9 Å². The Kier molecular flexibility index (Phi) is 13.3. The summed E-state index contributed by atoms with van der Waals surface area (Å²) in [6, 6.07) is 14.6. The molecule has 4 rings (SSSR count). The Morgan fingerprint density at radius 3 is 2.36 bits per heavy atom. The van der Waals surface area contributed by atoms with Gasteiger partial charge in [-0.1, -0.05) is 32.9 Å². The van der Waals surface area contributed by atoms with Crippen LogP contribution < -0.4 is 10.0 Å². The first-order valence-electron chi connectivity index (χ1n) is 15.7. The van der Waals surface area contributed by atoms with E-state index in [0.717, 1.165) is 41.6 Å². The molecule has 0 aromatic carbocycles. The van der Waals surface area contributed by atoms with Gasteiger partial charge in [0.15, 0.2) is 0 Å². The smallest absolute Gasteiger partial charge is 0.293 e. The molecule has 1 amide bonds. The van der Waals surface area contributed by atoms with E-state index in [9.17, 15) is 14.0 Å². The number of carbonyl (C=O) groups excluding carboxylic acids is 2. The van der Waals surface area contributed by atoms with Gasteiger partial charge in [-0.15, -0.1) is 0 Å². The number of nitrogens with zero attached hydrogens (tertiary/aromatic N) is 4. The summed E-state index contributed by atoms with van der Waals surface area (Å²) in [6.45, 7) is 17.5. The highest BCUT2D eigenvalue weighted by molar-refractivity contribution is 9.10. The Balaban J connectivity index is 0.000000771. The molecule has 1 saturated heterocycles. The molecule has 3 aromatic rings. The summed E-state index contributed by atoms with van der Waals surface area (Å²) >= 11 is 4.54. The van der Waals surface area contributed by atoms with Gasteiger partial charge in [0.05, 0.1) is 17.3 Å². The van der Waals surface area contributed by atoms with Crippen molar-refractivity contribution in [2.75, 3.05) is 18.9 Å². The molecule has 0 radical (unpaired) electrons. The van der Waals surface area contributed by atoms with E-state index in [-0.39, 0.29) is 28.2 Å². The number of likely N-dealkylation sites (tertiary alicyclic amines) is 1. The van der Waals surface area contributed by atoms with Crippen LogP contribution in [0.4, 0.5) is 10.2 Å². The van der Waals surface area contributed by atoms with Gasteiger partial charge in [0.25, 0.3) is 12.4 Å². The molecule has 12 heteroatoms. The van der Waals surface area contributed by atoms with Crippen molar-refractivity contribution in [3.05, 3.63) is 76.0 Å². The van der Waals surface area contributed by atoms with Crippen LogP contribution in [0.3, 0.4) is 0 Å². The van der Waals surface area contributed by atoms with Crippen molar-refractivity contribution in [3.63, 3.8) is 0 Å². The number of anilines is 1. The standard InChI is InChI=1S/C30H38BrFN6OS.C5H10O2/c1-29(2,3)23-16-14-20(27(32)35-23)28(39)37-40-26-12-8-11-25(36-26)34-22(21-9-7-10-24(31)33-21)15-13-19-17-30(4,5)38(6)18-19;1-5(2,3)7-4-6/h7-12,14,16,19,22H,13,15,17-18H2,1-6H3,(H,34,36)(H,37,39);4H,1-3H3. The highest BCUT2D eigenvalue weighted by Crippen LogP contribution is 2.36. The fraction of sp³-hybridized carbons (Fsp3) is 0.514. The van der Waals surface area contributed by atoms with Crippen molar-refractivity contribution >= 4 is 46.1 Å². The molecule has 0 bridgehead atoms. The zero-order chi connectivity index (χ0) is 35.0. The van der Waals surface area contributed by atoms with Crippen molar-refractivity contribution in [1.29, 1.82) is 0 Å². The predicted molar refractivity (Wildman–Crippen MR) is 190 cm³/mol. The number of halogens is 2. The maximum atomic E-state index is 14.6. The first-order chi connectivity index (χ1) is 21.9. The van der Waals surface area contributed by atoms with E-state index in [1.807, 2.05) is 71.9 Å². The molecule has 0 spiro atoms. The molecular formula is C35H48BrFN6O3S. The maximum Gasteiger partial charge on any atom is 0.293 e. The SMILES string of the molecule is CC(C)(C)OC=O.CN1CC(CCC(Nc2cccc(SNC(=O)c3ccc(C(C)(C)C)nc3F)n2)c2cccc(Br)n2)CC1(C)C. The number of pyridine rings is 3. The zero-order valence-corrected chi connectivity index (χ0v) is 31.3. The Bertz CT molecular complexity index is 1510. The van der Waals surface area contributed by atoms with E-state index < -0.39 is 11.9 Å². The number of hydrogen-bond donors (Lipinski definition) is 2. The van der Waals surface area contributed by atoms with E-state index in [4.69, 9.17) is 4.98 Å². The fourth-order valence-corrected chi connectivity index (χ4v) is 6.07. The van der Waals surface area contributed by atoms with Gasteiger partial charge in [-0.25, -0.2) is 15.0 Å². The van der Waals surface area contributed by atoms with Crippen LogP contribution in [-0.4, -0.2) is 57.0 Å². The third-order valence-corrected chi connectivity index (χ3v) is 9.03. The number of ether oxygens (including phenoxy) is 1. The summed E-state index contributed by atoms with van der Waals surface area (Å²) in [7, 11) is 2.20. The summed E-state index contributed by atoms with van der Waals surface area (Å²) in [5.41, 5.74) is 1.02. The molecule has 1 fully saturated rings. The number of hydrogen-bond acceptors (Lipinski definition) is 9. The highest BCUT2D eigenvalue weighted by Gasteiger charge is 2.35. The number of carbonyl (C=O) groups is 2. The lowest BCUT2D eigenvalue weighted by Crippen LogP contribution is -2.34. The monoisotopic (exact) mass is 730 g/mol. The third kappa shape index (κ3) is 12.1. The second-order valence-corrected chi connectivity index (χ2v) is 16.1. The summed E-state index contributed by atoms with van der Waals surface area (Å²) in [5.74, 6) is -0.0439. The molecule has 2 atom stereocenters. The molecule has 2 N–H and O–H groups in total.